The smallest absolute Gasteiger partial charge is 0.131 e. The van der Waals surface area contributed by atoms with E-state index in [-0.39, 0.29) is 24.3 Å². The summed E-state index contributed by atoms with van der Waals surface area (Å²) in [7, 11) is 1.50. The highest BCUT2D eigenvalue weighted by atomic mass is 35.5. The standard InChI is InChI=1S/C14H20F2N2O.ClH/c1-19-11-2-3-12(13(16)10-11)14(4-5-15)18-8-6-17-7-9-18;/h2-3,10,14,17H,4-9H2,1H3;1H/t14-;/m1./s1. The molecule has 1 aliphatic heterocycles. The van der Waals surface area contributed by atoms with Crippen LogP contribution in [0.15, 0.2) is 18.2 Å². The van der Waals surface area contributed by atoms with Crippen LogP contribution in [0.25, 0.3) is 0 Å². The Morgan fingerprint density at radius 2 is 2.05 bits per heavy atom. The van der Waals surface area contributed by atoms with E-state index in [0.29, 0.717) is 17.7 Å². The van der Waals surface area contributed by atoms with Crippen molar-refractivity contribution < 1.29 is 13.5 Å². The molecule has 1 saturated heterocycles. The van der Waals surface area contributed by atoms with Gasteiger partial charge in [-0.05, 0) is 12.5 Å². The number of piperazine rings is 1. The van der Waals surface area contributed by atoms with E-state index in [1.54, 1.807) is 12.1 Å². The molecule has 114 valence electrons. The highest BCUT2D eigenvalue weighted by Gasteiger charge is 2.24. The molecule has 0 amide bonds. The van der Waals surface area contributed by atoms with Crippen LogP contribution < -0.4 is 10.1 Å². The second-order valence-electron chi connectivity index (χ2n) is 4.67. The zero-order valence-electron chi connectivity index (χ0n) is 11.6. The first-order valence-electron chi connectivity index (χ1n) is 6.60. The van der Waals surface area contributed by atoms with E-state index in [4.69, 9.17) is 4.74 Å². The Bertz CT molecular complexity index is 414. The van der Waals surface area contributed by atoms with Gasteiger partial charge in [-0.2, -0.15) is 0 Å². The van der Waals surface area contributed by atoms with Crippen molar-refractivity contribution in [3.8, 4) is 5.75 Å². The highest BCUT2D eigenvalue weighted by molar-refractivity contribution is 5.85. The zero-order valence-corrected chi connectivity index (χ0v) is 12.4. The van der Waals surface area contributed by atoms with Gasteiger partial charge in [0.1, 0.15) is 11.6 Å². The lowest BCUT2D eigenvalue weighted by molar-refractivity contribution is 0.154. The number of benzene rings is 1. The molecule has 1 fully saturated rings. The van der Waals surface area contributed by atoms with Crippen molar-refractivity contribution in [1.29, 1.82) is 0 Å². The molecule has 0 radical (unpaired) electrons. The third kappa shape index (κ3) is 4.04. The lowest BCUT2D eigenvalue weighted by atomic mass is 10.0. The van der Waals surface area contributed by atoms with E-state index in [1.165, 1.54) is 13.2 Å². The van der Waals surface area contributed by atoms with E-state index in [0.717, 1.165) is 26.2 Å². The van der Waals surface area contributed by atoms with E-state index in [9.17, 15) is 8.78 Å². The highest BCUT2D eigenvalue weighted by Crippen LogP contribution is 2.29. The Balaban J connectivity index is 0.00000200. The average Bonchev–Trinajstić information content (AvgIpc) is 2.46. The number of nitrogens with zero attached hydrogens (tertiary/aromatic N) is 1. The summed E-state index contributed by atoms with van der Waals surface area (Å²) in [5, 5.41) is 3.25. The molecular weight excluding hydrogens is 286 g/mol. The van der Waals surface area contributed by atoms with Gasteiger partial charge < -0.3 is 10.1 Å². The monoisotopic (exact) mass is 306 g/mol. The second kappa shape index (κ2) is 8.39. The maximum Gasteiger partial charge on any atom is 0.131 e. The summed E-state index contributed by atoms with van der Waals surface area (Å²) in [5.74, 6) is 0.164. The number of nitrogens with one attached hydrogen (secondary N) is 1. The first-order chi connectivity index (χ1) is 9.26. The molecule has 1 N–H and O–H groups in total. The van der Waals surface area contributed by atoms with Crippen molar-refractivity contribution >= 4 is 12.4 Å². The summed E-state index contributed by atoms with van der Waals surface area (Å²) in [5.41, 5.74) is 0.556. The molecule has 1 aliphatic rings. The summed E-state index contributed by atoms with van der Waals surface area (Å²) >= 11 is 0. The summed E-state index contributed by atoms with van der Waals surface area (Å²) in [4.78, 5) is 2.14. The van der Waals surface area contributed by atoms with Gasteiger partial charge in [-0.1, -0.05) is 6.07 Å². The summed E-state index contributed by atoms with van der Waals surface area (Å²) < 4.78 is 31.9. The van der Waals surface area contributed by atoms with Gasteiger partial charge >= 0.3 is 0 Å². The minimum absolute atomic E-state index is 0. The molecule has 1 heterocycles. The number of methoxy groups -OCH3 is 1. The first kappa shape index (κ1) is 17.1. The predicted molar refractivity (Wildman–Crippen MR) is 78.0 cm³/mol. The number of ether oxygens (including phenoxy) is 1. The molecule has 6 heteroatoms. The van der Waals surface area contributed by atoms with Gasteiger partial charge in [0.2, 0.25) is 0 Å². The molecule has 0 unspecified atom stereocenters. The Hall–Kier alpha value is -0.910. The minimum atomic E-state index is -0.444. The molecule has 1 atom stereocenters. The number of hydrogen-bond donors (Lipinski definition) is 1. The molecule has 3 nitrogen and oxygen atoms in total. The van der Waals surface area contributed by atoms with Gasteiger partial charge in [-0.3, -0.25) is 9.29 Å². The van der Waals surface area contributed by atoms with Crippen LogP contribution in [0.1, 0.15) is 18.0 Å². The molecule has 0 spiro atoms. The van der Waals surface area contributed by atoms with Gasteiger partial charge in [0.25, 0.3) is 0 Å². The Kier molecular flexibility index (Phi) is 7.19. The van der Waals surface area contributed by atoms with E-state index >= 15 is 0 Å². The molecule has 0 aromatic heterocycles. The molecule has 0 bridgehead atoms. The maximum absolute atomic E-state index is 14.1. The SMILES string of the molecule is COc1ccc([C@@H](CCF)N2CCNCC2)c(F)c1.Cl. The fourth-order valence-corrected chi connectivity index (χ4v) is 2.54. The lowest BCUT2D eigenvalue weighted by Crippen LogP contribution is -2.45. The topological polar surface area (TPSA) is 24.5 Å². The molecule has 2 rings (SSSR count). The normalized spacial score (nSPS) is 17.4. The number of halogens is 3. The lowest BCUT2D eigenvalue weighted by Gasteiger charge is -2.35. The molecule has 1 aromatic carbocycles. The summed E-state index contributed by atoms with van der Waals surface area (Å²) in [6.07, 6.45) is 0.323. The van der Waals surface area contributed by atoms with Gasteiger partial charge in [0.15, 0.2) is 0 Å². The Labute approximate surface area is 124 Å². The van der Waals surface area contributed by atoms with Crippen molar-refractivity contribution in [1.82, 2.24) is 10.2 Å². The average molecular weight is 307 g/mol. The Morgan fingerprint density at radius 1 is 1.35 bits per heavy atom. The van der Waals surface area contributed by atoms with Crippen molar-refractivity contribution in [2.24, 2.45) is 0 Å². The second-order valence-corrected chi connectivity index (χ2v) is 4.67. The predicted octanol–water partition coefficient (Wildman–Crippen LogP) is 2.56. The van der Waals surface area contributed by atoms with Crippen molar-refractivity contribution in [3.05, 3.63) is 29.6 Å². The fraction of sp³-hybridized carbons (Fsp3) is 0.571. The third-order valence-corrected chi connectivity index (χ3v) is 3.54. The largest absolute Gasteiger partial charge is 0.497 e. The van der Waals surface area contributed by atoms with Crippen LogP contribution in [0.2, 0.25) is 0 Å². The molecule has 1 aromatic rings. The number of alkyl halides is 1. The van der Waals surface area contributed by atoms with Crippen LogP contribution in [-0.2, 0) is 0 Å². The van der Waals surface area contributed by atoms with Gasteiger partial charge in [0, 0.05) is 43.9 Å². The quantitative estimate of drug-likeness (QED) is 0.905. The van der Waals surface area contributed by atoms with E-state index in [1.807, 2.05) is 0 Å². The van der Waals surface area contributed by atoms with Crippen LogP contribution in [0, 0.1) is 5.82 Å². The Morgan fingerprint density at radius 3 is 2.60 bits per heavy atom. The van der Waals surface area contributed by atoms with Gasteiger partial charge in [-0.15, -0.1) is 12.4 Å². The fourth-order valence-electron chi connectivity index (χ4n) is 2.54. The third-order valence-electron chi connectivity index (χ3n) is 3.54. The molecule has 0 saturated carbocycles. The maximum atomic E-state index is 14.1. The first-order valence-corrected chi connectivity index (χ1v) is 6.60. The summed E-state index contributed by atoms with van der Waals surface area (Å²) in [6, 6.07) is 4.60. The van der Waals surface area contributed by atoms with Crippen LogP contribution >= 0.6 is 12.4 Å². The van der Waals surface area contributed by atoms with Crippen molar-refractivity contribution in [2.75, 3.05) is 40.0 Å². The van der Waals surface area contributed by atoms with Crippen LogP contribution in [0.3, 0.4) is 0 Å². The molecule has 20 heavy (non-hydrogen) atoms. The number of hydrogen-bond acceptors (Lipinski definition) is 3. The van der Waals surface area contributed by atoms with Crippen LogP contribution in [0.5, 0.6) is 5.75 Å². The van der Waals surface area contributed by atoms with Gasteiger partial charge in [-0.25, -0.2) is 4.39 Å². The van der Waals surface area contributed by atoms with Crippen LogP contribution in [0.4, 0.5) is 8.78 Å². The minimum Gasteiger partial charge on any atom is -0.497 e. The molecule has 0 aliphatic carbocycles. The van der Waals surface area contributed by atoms with Gasteiger partial charge in [0.05, 0.1) is 13.8 Å². The van der Waals surface area contributed by atoms with Crippen molar-refractivity contribution in [2.45, 2.75) is 12.5 Å². The number of rotatable bonds is 5. The summed E-state index contributed by atoms with van der Waals surface area (Å²) in [6.45, 7) is 2.91. The van der Waals surface area contributed by atoms with E-state index < -0.39 is 6.67 Å². The van der Waals surface area contributed by atoms with E-state index in [2.05, 4.69) is 10.2 Å². The zero-order chi connectivity index (χ0) is 13.7. The van der Waals surface area contributed by atoms with Crippen molar-refractivity contribution in [3.63, 3.8) is 0 Å². The molecular formula is C14H21ClF2N2O. The van der Waals surface area contributed by atoms with Crippen LogP contribution in [-0.4, -0.2) is 44.9 Å².